The zero-order valence-corrected chi connectivity index (χ0v) is 13.7. The minimum absolute atomic E-state index is 0.0334. The summed E-state index contributed by atoms with van der Waals surface area (Å²) in [6, 6.07) is 15.7. The average molecular weight is 323 g/mol. The standard InChI is InChI=1S/C20H21NO3/c1-2-15-8-9-18-16(14-24-19(18)12-15)13-20(22)21-10-11-23-17-6-4-3-5-7-17/h3-9,12,14H,2,10-11,13H2,1H3,(H,21,22). The van der Waals surface area contributed by atoms with E-state index in [4.69, 9.17) is 9.15 Å². The maximum Gasteiger partial charge on any atom is 0.224 e. The molecule has 0 aliphatic carbocycles. The lowest BCUT2D eigenvalue weighted by molar-refractivity contribution is -0.120. The number of amides is 1. The van der Waals surface area contributed by atoms with E-state index in [1.165, 1.54) is 5.56 Å². The van der Waals surface area contributed by atoms with Crippen LogP contribution in [0.1, 0.15) is 18.1 Å². The zero-order valence-electron chi connectivity index (χ0n) is 13.7. The first kappa shape index (κ1) is 16.1. The van der Waals surface area contributed by atoms with Gasteiger partial charge in [-0.1, -0.05) is 37.3 Å². The van der Waals surface area contributed by atoms with Crippen LogP contribution in [0.15, 0.2) is 59.2 Å². The number of aryl methyl sites for hydroxylation is 1. The summed E-state index contributed by atoms with van der Waals surface area (Å²) in [5, 5.41) is 3.88. The Morgan fingerprint density at radius 1 is 1.17 bits per heavy atom. The molecule has 0 saturated heterocycles. The Morgan fingerprint density at radius 2 is 2.00 bits per heavy atom. The van der Waals surface area contributed by atoms with Crippen LogP contribution in [0.2, 0.25) is 0 Å². The minimum atomic E-state index is -0.0334. The Bertz CT molecular complexity index is 808. The molecule has 4 nitrogen and oxygen atoms in total. The van der Waals surface area contributed by atoms with E-state index in [-0.39, 0.29) is 5.91 Å². The molecule has 0 aliphatic heterocycles. The number of benzene rings is 2. The Labute approximate surface area is 141 Å². The SMILES string of the molecule is CCc1ccc2c(CC(=O)NCCOc3ccccc3)coc2c1. The lowest BCUT2D eigenvalue weighted by Gasteiger charge is -2.07. The normalized spacial score (nSPS) is 10.7. The summed E-state index contributed by atoms with van der Waals surface area (Å²) in [6.07, 6.45) is 2.95. The molecule has 1 amide bonds. The number of nitrogens with one attached hydrogen (secondary N) is 1. The Balaban J connectivity index is 1.50. The van der Waals surface area contributed by atoms with Crippen LogP contribution in [0.25, 0.3) is 11.0 Å². The molecule has 4 heteroatoms. The van der Waals surface area contributed by atoms with Crippen molar-refractivity contribution in [2.75, 3.05) is 13.2 Å². The molecule has 2 aromatic carbocycles. The molecule has 0 unspecified atom stereocenters. The van der Waals surface area contributed by atoms with E-state index in [1.54, 1.807) is 6.26 Å². The van der Waals surface area contributed by atoms with Crippen molar-refractivity contribution >= 4 is 16.9 Å². The molecule has 3 aromatic rings. The second-order valence-electron chi connectivity index (χ2n) is 5.63. The van der Waals surface area contributed by atoms with Gasteiger partial charge >= 0.3 is 0 Å². The maximum absolute atomic E-state index is 12.1. The number of carbonyl (C=O) groups excluding carboxylic acids is 1. The molecule has 0 bridgehead atoms. The largest absolute Gasteiger partial charge is 0.492 e. The monoisotopic (exact) mass is 323 g/mol. The van der Waals surface area contributed by atoms with Crippen LogP contribution in [-0.2, 0) is 17.6 Å². The number of furan rings is 1. The quantitative estimate of drug-likeness (QED) is 0.674. The number of carbonyl (C=O) groups is 1. The van der Waals surface area contributed by atoms with Gasteiger partial charge in [0, 0.05) is 10.9 Å². The van der Waals surface area contributed by atoms with E-state index in [0.717, 1.165) is 28.7 Å². The van der Waals surface area contributed by atoms with Gasteiger partial charge in [0.25, 0.3) is 0 Å². The molecular weight excluding hydrogens is 302 g/mol. The van der Waals surface area contributed by atoms with E-state index in [0.29, 0.717) is 19.6 Å². The number of para-hydroxylation sites is 1. The van der Waals surface area contributed by atoms with E-state index < -0.39 is 0 Å². The number of rotatable bonds is 7. The molecule has 0 radical (unpaired) electrons. The predicted octanol–water partition coefficient (Wildman–Crippen LogP) is 3.73. The summed E-state index contributed by atoms with van der Waals surface area (Å²) >= 11 is 0. The van der Waals surface area contributed by atoms with Gasteiger partial charge in [0.2, 0.25) is 5.91 Å². The van der Waals surface area contributed by atoms with E-state index in [1.807, 2.05) is 42.5 Å². The molecule has 0 aliphatic rings. The predicted molar refractivity (Wildman–Crippen MR) is 94.2 cm³/mol. The van der Waals surface area contributed by atoms with Crippen molar-refractivity contribution in [3.63, 3.8) is 0 Å². The Morgan fingerprint density at radius 3 is 2.79 bits per heavy atom. The molecule has 0 spiro atoms. The van der Waals surface area contributed by atoms with Crippen LogP contribution in [0.4, 0.5) is 0 Å². The van der Waals surface area contributed by atoms with Crippen molar-refractivity contribution in [1.82, 2.24) is 5.32 Å². The molecule has 0 atom stereocenters. The molecule has 0 saturated carbocycles. The van der Waals surface area contributed by atoms with E-state index in [2.05, 4.69) is 18.3 Å². The van der Waals surface area contributed by atoms with Crippen molar-refractivity contribution in [2.45, 2.75) is 19.8 Å². The van der Waals surface area contributed by atoms with Crippen LogP contribution in [0, 0.1) is 0 Å². The number of hydrogen-bond donors (Lipinski definition) is 1. The first-order valence-electron chi connectivity index (χ1n) is 8.20. The smallest absolute Gasteiger partial charge is 0.224 e. The fraction of sp³-hybridized carbons (Fsp3) is 0.250. The number of ether oxygens (including phenoxy) is 1. The third-order valence-electron chi connectivity index (χ3n) is 3.92. The topological polar surface area (TPSA) is 51.5 Å². The fourth-order valence-electron chi connectivity index (χ4n) is 2.60. The summed E-state index contributed by atoms with van der Waals surface area (Å²) in [7, 11) is 0. The van der Waals surface area contributed by atoms with Crippen LogP contribution in [0.3, 0.4) is 0 Å². The third kappa shape index (κ3) is 3.96. The highest BCUT2D eigenvalue weighted by Crippen LogP contribution is 2.23. The van der Waals surface area contributed by atoms with Crippen molar-refractivity contribution in [2.24, 2.45) is 0 Å². The molecule has 1 heterocycles. The van der Waals surface area contributed by atoms with Crippen molar-refractivity contribution in [3.05, 3.63) is 65.9 Å². The van der Waals surface area contributed by atoms with Gasteiger partial charge in [-0.25, -0.2) is 0 Å². The van der Waals surface area contributed by atoms with Gasteiger partial charge in [-0.05, 0) is 30.2 Å². The molecular formula is C20H21NO3. The van der Waals surface area contributed by atoms with Crippen LogP contribution in [-0.4, -0.2) is 19.1 Å². The Hall–Kier alpha value is -2.75. The zero-order chi connectivity index (χ0) is 16.8. The summed E-state index contributed by atoms with van der Waals surface area (Å²) in [5.74, 6) is 0.772. The molecule has 0 fully saturated rings. The van der Waals surface area contributed by atoms with Gasteiger partial charge in [-0.2, -0.15) is 0 Å². The summed E-state index contributed by atoms with van der Waals surface area (Å²) < 4.78 is 11.1. The highest BCUT2D eigenvalue weighted by atomic mass is 16.5. The van der Waals surface area contributed by atoms with Gasteiger partial charge < -0.3 is 14.5 Å². The van der Waals surface area contributed by atoms with Crippen molar-refractivity contribution < 1.29 is 13.9 Å². The van der Waals surface area contributed by atoms with Gasteiger partial charge in [0.15, 0.2) is 0 Å². The van der Waals surface area contributed by atoms with Gasteiger partial charge in [-0.3, -0.25) is 4.79 Å². The van der Waals surface area contributed by atoms with E-state index in [9.17, 15) is 4.79 Å². The van der Waals surface area contributed by atoms with E-state index >= 15 is 0 Å². The summed E-state index contributed by atoms with van der Waals surface area (Å²) in [4.78, 5) is 12.1. The highest BCUT2D eigenvalue weighted by Gasteiger charge is 2.10. The molecule has 3 rings (SSSR count). The average Bonchev–Trinajstić information content (AvgIpc) is 3.01. The first-order valence-corrected chi connectivity index (χ1v) is 8.20. The number of fused-ring (bicyclic) bond motifs is 1. The molecule has 1 aromatic heterocycles. The summed E-state index contributed by atoms with van der Waals surface area (Å²) in [6.45, 7) is 3.03. The van der Waals surface area contributed by atoms with Crippen LogP contribution in [0.5, 0.6) is 5.75 Å². The van der Waals surface area contributed by atoms with Gasteiger partial charge in [-0.15, -0.1) is 0 Å². The minimum Gasteiger partial charge on any atom is -0.492 e. The van der Waals surface area contributed by atoms with Crippen molar-refractivity contribution in [1.29, 1.82) is 0 Å². The first-order chi connectivity index (χ1) is 11.8. The highest BCUT2D eigenvalue weighted by molar-refractivity contribution is 5.87. The number of hydrogen-bond acceptors (Lipinski definition) is 3. The van der Waals surface area contributed by atoms with Gasteiger partial charge in [0.1, 0.15) is 17.9 Å². The lowest BCUT2D eigenvalue weighted by Crippen LogP contribution is -2.29. The fourth-order valence-corrected chi connectivity index (χ4v) is 2.60. The molecule has 124 valence electrons. The Kier molecular flexibility index (Phi) is 5.16. The van der Waals surface area contributed by atoms with Crippen molar-refractivity contribution in [3.8, 4) is 5.75 Å². The lowest BCUT2D eigenvalue weighted by atomic mass is 10.1. The van der Waals surface area contributed by atoms with Gasteiger partial charge in [0.05, 0.1) is 19.2 Å². The van der Waals surface area contributed by atoms with Crippen LogP contribution >= 0.6 is 0 Å². The van der Waals surface area contributed by atoms with Crippen LogP contribution < -0.4 is 10.1 Å². The maximum atomic E-state index is 12.1. The second kappa shape index (κ2) is 7.68. The molecule has 24 heavy (non-hydrogen) atoms. The third-order valence-corrected chi connectivity index (χ3v) is 3.92. The second-order valence-corrected chi connectivity index (χ2v) is 5.63. The summed E-state index contributed by atoms with van der Waals surface area (Å²) in [5.41, 5.74) is 2.98. The molecule has 1 N–H and O–H groups in total.